The number of aromatic nitrogens is 2. The molecule has 1 amide bonds. The summed E-state index contributed by atoms with van der Waals surface area (Å²) in [5.74, 6) is 2.20. The van der Waals surface area contributed by atoms with Gasteiger partial charge in [-0.25, -0.2) is 0 Å². The molecule has 2 aromatic rings. The second kappa shape index (κ2) is 6.81. The normalized spacial score (nSPS) is 17.7. The van der Waals surface area contributed by atoms with Gasteiger partial charge in [0.25, 0.3) is 0 Å². The van der Waals surface area contributed by atoms with Crippen molar-refractivity contribution in [3.8, 4) is 5.75 Å². The van der Waals surface area contributed by atoms with Crippen LogP contribution < -0.4 is 4.74 Å². The molecule has 2 heterocycles. The molecule has 122 valence electrons. The van der Waals surface area contributed by atoms with Gasteiger partial charge in [-0.15, -0.1) is 0 Å². The Morgan fingerprint density at radius 1 is 1.39 bits per heavy atom. The van der Waals surface area contributed by atoms with Crippen LogP contribution in [0.4, 0.5) is 0 Å². The molecule has 1 aromatic heterocycles. The van der Waals surface area contributed by atoms with Crippen molar-refractivity contribution in [1.29, 1.82) is 0 Å². The van der Waals surface area contributed by atoms with E-state index in [-0.39, 0.29) is 11.8 Å². The first-order valence-corrected chi connectivity index (χ1v) is 8.01. The third-order valence-corrected chi connectivity index (χ3v) is 3.95. The topological polar surface area (TPSA) is 68.5 Å². The standard InChI is InChI=1S/C17H21N3O3/c1-3-15-18-17(23-19-15)13-9-16(21)20(11-13)10-12-6-5-7-14(8-12)22-4-2/h5-8,13H,3-4,9-11H2,1-2H3. The Morgan fingerprint density at radius 3 is 3.00 bits per heavy atom. The molecule has 0 spiro atoms. The highest BCUT2D eigenvalue weighted by molar-refractivity contribution is 5.79. The number of ether oxygens (including phenoxy) is 1. The van der Waals surface area contributed by atoms with E-state index in [0.717, 1.165) is 17.7 Å². The van der Waals surface area contributed by atoms with Gasteiger partial charge in [0, 0.05) is 25.9 Å². The molecule has 23 heavy (non-hydrogen) atoms. The van der Waals surface area contributed by atoms with Crippen LogP contribution in [0, 0.1) is 0 Å². The summed E-state index contributed by atoms with van der Waals surface area (Å²) in [6, 6.07) is 7.85. The molecule has 0 aliphatic carbocycles. The predicted octanol–water partition coefficient (Wildman–Crippen LogP) is 2.55. The average Bonchev–Trinajstić information content (AvgIpc) is 3.15. The van der Waals surface area contributed by atoms with E-state index in [1.54, 1.807) is 0 Å². The summed E-state index contributed by atoms with van der Waals surface area (Å²) in [6.45, 7) is 5.75. The van der Waals surface area contributed by atoms with Crippen LogP contribution in [-0.4, -0.2) is 34.1 Å². The van der Waals surface area contributed by atoms with Gasteiger partial charge in [-0.1, -0.05) is 24.2 Å². The largest absolute Gasteiger partial charge is 0.494 e. The summed E-state index contributed by atoms with van der Waals surface area (Å²) in [5, 5.41) is 3.91. The van der Waals surface area contributed by atoms with Crippen molar-refractivity contribution < 1.29 is 14.1 Å². The first-order chi connectivity index (χ1) is 11.2. The maximum absolute atomic E-state index is 12.3. The van der Waals surface area contributed by atoms with E-state index in [4.69, 9.17) is 9.26 Å². The van der Waals surface area contributed by atoms with Crippen LogP contribution in [0.15, 0.2) is 28.8 Å². The summed E-state index contributed by atoms with van der Waals surface area (Å²) in [6.07, 6.45) is 1.16. The van der Waals surface area contributed by atoms with Gasteiger partial charge in [0.05, 0.1) is 12.5 Å². The zero-order valence-corrected chi connectivity index (χ0v) is 13.5. The molecule has 1 aliphatic heterocycles. The highest BCUT2D eigenvalue weighted by Crippen LogP contribution is 2.28. The number of nitrogens with zero attached hydrogens (tertiary/aromatic N) is 3. The summed E-state index contributed by atoms with van der Waals surface area (Å²) in [5.41, 5.74) is 1.06. The molecule has 0 bridgehead atoms. The summed E-state index contributed by atoms with van der Waals surface area (Å²) < 4.78 is 10.8. The molecule has 0 radical (unpaired) electrons. The van der Waals surface area contributed by atoms with E-state index in [0.29, 0.717) is 37.8 Å². The molecule has 1 saturated heterocycles. The summed E-state index contributed by atoms with van der Waals surface area (Å²) in [7, 11) is 0. The number of carbonyl (C=O) groups is 1. The van der Waals surface area contributed by atoms with Crippen LogP contribution in [0.2, 0.25) is 0 Å². The van der Waals surface area contributed by atoms with Crippen LogP contribution in [0.3, 0.4) is 0 Å². The minimum atomic E-state index is -0.00891. The third-order valence-electron chi connectivity index (χ3n) is 3.95. The monoisotopic (exact) mass is 315 g/mol. The molecule has 1 aliphatic rings. The van der Waals surface area contributed by atoms with Gasteiger partial charge in [-0.3, -0.25) is 4.79 Å². The molecule has 1 unspecified atom stereocenters. The number of amides is 1. The Hall–Kier alpha value is -2.37. The molecular weight excluding hydrogens is 294 g/mol. The number of carbonyl (C=O) groups excluding carboxylic acids is 1. The van der Waals surface area contributed by atoms with E-state index >= 15 is 0 Å². The van der Waals surface area contributed by atoms with Gasteiger partial charge in [-0.05, 0) is 24.6 Å². The Labute approximate surface area is 135 Å². The number of likely N-dealkylation sites (tertiary alicyclic amines) is 1. The fourth-order valence-electron chi connectivity index (χ4n) is 2.79. The van der Waals surface area contributed by atoms with Crippen LogP contribution in [0.25, 0.3) is 0 Å². The van der Waals surface area contributed by atoms with E-state index in [2.05, 4.69) is 10.1 Å². The quantitative estimate of drug-likeness (QED) is 0.819. The molecule has 1 aromatic carbocycles. The van der Waals surface area contributed by atoms with Gasteiger partial charge < -0.3 is 14.2 Å². The number of rotatable bonds is 6. The smallest absolute Gasteiger partial charge is 0.232 e. The lowest BCUT2D eigenvalue weighted by Crippen LogP contribution is -2.24. The summed E-state index contributed by atoms with van der Waals surface area (Å²) >= 11 is 0. The van der Waals surface area contributed by atoms with E-state index < -0.39 is 0 Å². The Kier molecular flexibility index (Phi) is 4.60. The van der Waals surface area contributed by atoms with E-state index in [9.17, 15) is 4.79 Å². The number of benzene rings is 1. The molecule has 1 fully saturated rings. The fraction of sp³-hybridized carbons (Fsp3) is 0.471. The van der Waals surface area contributed by atoms with Crippen molar-refractivity contribution in [2.75, 3.05) is 13.2 Å². The van der Waals surface area contributed by atoms with Crippen molar-refractivity contribution >= 4 is 5.91 Å². The third kappa shape index (κ3) is 3.52. The molecule has 6 nitrogen and oxygen atoms in total. The van der Waals surface area contributed by atoms with Crippen molar-refractivity contribution in [2.45, 2.75) is 39.2 Å². The minimum absolute atomic E-state index is 0.00891. The van der Waals surface area contributed by atoms with Gasteiger partial charge >= 0.3 is 0 Å². The van der Waals surface area contributed by atoms with Gasteiger partial charge in [0.15, 0.2) is 5.82 Å². The van der Waals surface area contributed by atoms with Crippen LogP contribution in [-0.2, 0) is 17.8 Å². The van der Waals surface area contributed by atoms with Crippen molar-refractivity contribution in [2.24, 2.45) is 0 Å². The lowest BCUT2D eigenvalue weighted by Gasteiger charge is -2.16. The average molecular weight is 315 g/mol. The van der Waals surface area contributed by atoms with Crippen molar-refractivity contribution in [3.05, 3.63) is 41.5 Å². The fourth-order valence-corrected chi connectivity index (χ4v) is 2.79. The SMILES string of the molecule is CCOc1cccc(CN2CC(c3nc(CC)no3)CC2=O)c1. The van der Waals surface area contributed by atoms with Gasteiger partial charge in [0.2, 0.25) is 11.8 Å². The minimum Gasteiger partial charge on any atom is -0.494 e. The maximum atomic E-state index is 12.3. The highest BCUT2D eigenvalue weighted by Gasteiger charge is 2.34. The number of aryl methyl sites for hydroxylation is 1. The maximum Gasteiger partial charge on any atom is 0.232 e. The van der Waals surface area contributed by atoms with Crippen LogP contribution in [0.5, 0.6) is 5.75 Å². The molecule has 6 heteroatoms. The van der Waals surface area contributed by atoms with Crippen molar-refractivity contribution in [1.82, 2.24) is 15.0 Å². The number of hydrogen-bond acceptors (Lipinski definition) is 5. The van der Waals surface area contributed by atoms with Crippen LogP contribution in [0.1, 0.15) is 43.5 Å². The second-order valence-electron chi connectivity index (χ2n) is 5.66. The zero-order valence-electron chi connectivity index (χ0n) is 13.5. The van der Waals surface area contributed by atoms with Crippen LogP contribution >= 0.6 is 0 Å². The first kappa shape index (κ1) is 15.5. The Balaban J connectivity index is 1.67. The highest BCUT2D eigenvalue weighted by atomic mass is 16.5. The van der Waals surface area contributed by atoms with Gasteiger partial charge in [-0.2, -0.15) is 4.98 Å². The summed E-state index contributed by atoms with van der Waals surface area (Å²) in [4.78, 5) is 18.4. The molecular formula is C17H21N3O3. The van der Waals surface area contributed by atoms with Gasteiger partial charge in [0.1, 0.15) is 5.75 Å². The molecule has 0 saturated carbocycles. The number of hydrogen-bond donors (Lipinski definition) is 0. The van der Waals surface area contributed by atoms with E-state index in [1.807, 2.05) is 43.0 Å². The molecule has 0 N–H and O–H groups in total. The predicted molar refractivity (Wildman–Crippen MR) is 84.1 cm³/mol. The van der Waals surface area contributed by atoms with E-state index in [1.165, 1.54) is 0 Å². The second-order valence-corrected chi connectivity index (χ2v) is 5.66. The lowest BCUT2D eigenvalue weighted by molar-refractivity contribution is -0.128. The lowest BCUT2D eigenvalue weighted by atomic mass is 10.1. The zero-order chi connectivity index (χ0) is 16.2. The Morgan fingerprint density at radius 2 is 2.26 bits per heavy atom. The molecule has 1 atom stereocenters. The Bertz CT molecular complexity index is 683. The first-order valence-electron chi connectivity index (χ1n) is 8.01. The van der Waals surface area contributed by atoms with Crippen molar-refractivity contribution in [3.63, 3.8) is 0 Å². The molecule has 3 rings (SSSR count).